The summed E-state index contributed by atoms with van der Waals surface area (Å²) in [6, 6.07) is 18.0. The van der Waals surface area contributed by atoms with Crippen molar-refractivity contribution in [2.75, 3.05) is 57.7 Å². The number of carbonyl (C=O) groups is 2. The summed E-state index contributed by atoms with van der Waals surface area (Å²) in [7, 11) is 0. The number of likely N-dealkylation sites (tertiary alicyclic amines) is 1. The molecule has 0 radical (unpaired) electrons. The van der Waals surface area contributed by atoms with Gasteiger partial charge in [-0.1, -0.05) is 48.5 Å². The first-order valence-corrected chi connectivity index (χ1v) is 11.4. The van der Waals surface area contributed by atoms with E-state index in [0.717, 1.165) is 75.5 Å². The summed E-state index contributed by atoms with van der Waals surface area (Å²) in [5, 5.41) is 3.09. The average molecular weight is 421 g/mol. The van der Waals surface area contributed by atoms with E-state index in [0.29, 0.717) is 13.0 Å². The Morgan fingerprint density at radius 1 is 0.774 bits per heavy atom. The van der Waals surface area contributed by atoms with Crippen LogP contribution in [0, 0.1) is 0 Å². The van der Waals surface area contributed by atoms with E-state index in [9.17, 15) is 9.59 Å². The van der Waals surface area contributed by atoms with Crippen LogP contribution in [0.2, 0.25) is 0 Å². The topological polar surface area (TPSA) is 55.9 Å². The maximum absolute atomic E-state index is 12.6. The summed E-state index contributed by atoms with van der Waals surface area (Å²) in [5.74, 6) is 0.303. The summed E-state index contributed by atoms with van der Waals surface area (Å²) in [5.41, 5.74) is 2.98. The number of nitrogens with zero attached hydrogens (tertiary/aromatic N) is 3. The van der Waals surface area contributed by atoms with Gasteiger partial charge in [-0.2, -0.15) is 0 Å². The highest BCUT2D eigenvalue weighted by Gasteiger charge is 2.23. The number of carbonyl (C=O) groups excluding carboxylic acids is 2. The van der Waals surface area contributed by atoms with Crippen LogP contribution in [0.15, 0.2) is 54.6 Å². The fourth-order valence-electron chi connectivity index (χ4n) is 4.36. The molecule has 2 heterocycles. The van der Waals surface area contributed by atoms with Crippen molar-refractivity contribution in [1.82, 2.24) is 14.7 Å². The second kappa shape index (κ2) is 10.6. The first-order chi connectivity index (χ1) is 15.2. The van der Waals surface area contributed by atoms with Crippen LogP contribution in [0.3, 0.4) is 0 Å². The summed E-state index contributed by atoms with van der Waals surface area (Å²) in [6.45, 7) is 6.69. The number of hydrogen-bond acceptors (Lipinski definition) is 4. The third-order valence-corrected chi connectivity index (χ3v) is 6.22. The molecule has 2 aromatic carbocycles. The van der Waals surface area contributed by atoms with Crippen LogP contribution >= 0.6 is 0 Å². The van der Waals surface area contributed by atoms with Crippen LogP contribution in [0.25, 0.3) is 11.1 Å². The molecule has 0 spiro atoms. The molecule has 0 atom stereocenters. The van der Waals surface area contributed by atoms with Crippen molar-refractivity contribution < 1.29 is 9.59 Å². The van der Waals surface area contributed by atoms with Crippen LogP contribution < -0.4 is 5.32 Å². The van der Waals surface area contributed by atoms with Gasteiger partial charge in [-0.05, 0) is 24.5 Å². The lowest BCUT2D eigenvalue weighted by Crippen LogP contribution is -2.50. The van der Waals surface area contributed by atoms with Crippen LogP contribution in [-0.4, -0.2) is 78.9 Å². The minimum atomic E-state index is 0.0371. The molecule has 1 N–H and O–H groups in total. The normalized spacial score (nSPS) is 17.6. The fourth-order valence-corrected chi connectivity index (χ4v) is 4.36. The molecule has 0 bridgehead atoms. The van der Waals surface area contributed by atoms with Gasteiger partial charge in [0.15, 0.2) is 0 Å². The van der Waals surface area contributed by atoms with Crippen molar-refractivity contribution in [3.05, 3.63) is 54.6 Å². The predicted molar refractivity (Wildman–Crippen MR) is 124 cm³/mol. The second-order valence-corrected chi connectivity index (χ2v) is 8.42. The number of anilines is 1. The minimum Gasteiger partial charge on any atom is -0.342 e. The Morgan fingerprint density at radius 3 is 2.16 bits per heavy atom. The van der Waals surface area contributed by atoms with Crippen molar-refractivity contribution in [2.24, 2.45) is 0 Å². The van der Waals surface area contributed by atoms with E-state index in [2.05, 4.69) is 27.2 Å². The molecule has 6 nitrogen and oxygen atoms in total. The van der Waals surface area contributed by atoms with E-state index in [1.807, 2.05) is 47.4 Å². The van der Waals surface area contributed by atoms with Gasteiger partial charge in [0.2, 0.25) is 11.8 Å². The van der Waals surface area contributed by atoms with E-state index in [1.165, 1.54) is 0 Å². The molecule has 2 saturated heterocycles. The second-order valence-electron chi connectivity index (χ2n) is 8.42. The maximum atomic E-state index is 12.6. The van der Waals surface area contributed by atoms with Gasteiger partial charge >= 0.3 is 0 Å². The molecule has 2 aromatic rings. The van der Waals surface area contributed by atoms with E-state index >= 15 is 0 Å². The number of para-hydroxylation sites is 1. The predicted octanol–water partition coefficient (Wildman–Crippen LogP) is 2.92. The quantitative estimate of drug-likeness (QED) is 0.748. The van der Waals surface area contributed by atoms with Crippen molar-refractivity contribution in [1.29, 1.82) is 0 Å². The van der Waals surface area contributed by atoms with E-state index < -0.39 is 0 Å². The van der Waals surface area contributed by atoms with Crippen LogP contribution in [0.4, 0.5) is 5.69 Å². The molecular formula is C25H32N4O2. The zero-order chi connectivity index (χ0) is 21.5. The minimum absolute atomic E-state index is 0.0371. The number of rotatable bonds is 7. The highest BCUT2D eigenvalue weighted by atomic mass is 16.2. The molecule has 0 saturated carbocycles. The molecule has 6 heteroatoms. The standard InChI is InChI=1S/C25H32N4O2/c30-24(26-23-11-5-4-10-22(23)21-8-2-1-3-9-21)12-15-27-16-18-28(19-17-27)20-25(31)29-13-6-7-14-29/h1-5,8-11H,6-7,12-20H2,(H,26,30). The summed E-state index contributed by atoms with van der Waals surface area (Å²) < 4.78 is 0. The smallest absolute Gasteiger partial charge is 0.236 e. The molecule has 0 aliphatic carbocycles. The highest BCUT2D eigenvalue weighted by Crippen LogP contribution is 2.27. The lowest BCUT2D eigenvalue weighted by Gasteiger charge is -2.34. The Labute approximate surface area is 184 Å². The van der Waals surface area contributed by atoms with Gasteiger partial charge in [0, 0.05) is 63.5 Å². The van der Waals surface area contributed by atoms with Crippen molar-refractivity contribution in [3.8, 4) is 11.1 Å². The van der Waals surface area contributed by atoms with Crippen LogP contribution in [-0.2, 0) is 9.59 Å². The molecule has 2 amide bonds. The number of piperazine rings is 1. The third kappa shape index (κ3) is 5.93. The zero-order valence-electron chi connectivity index (χ0n) is 18.1. The Morgan fingerprint density at radius 2 is 1.42 bits per heavy atom. The molecule has 2 fully saturated rings. The van der Waals surface area contributed by atoms with Gasteiger partial charge in [-0.3, -0.25) is 14.5 Å². The molecule has 0 unspecified atom stereocenters. The molecular weight excluding hydrogens is 388 g/mol. The molecule has 2 aliphatic rings. The molecule has 2 aliphatic heterocycles. The van der Waals surface area contributed by atoms with Gasteiger partial charge < -0.3 is 15.1 Å². The first-order valence-electron chi connectivity index (χ1n) is 11.4. The Balaban J connectivity index is 1.21. The maximum Gasteiger partial charge on any atom is 0.236 e. The molecule has 0 aromatic heterocycles. The third-order valence-electron chi connectivity index (χ3n) is 6.22. The Kier molecular flexibility index (Phi) is 7.33. The largest absolute Gasteiger partial charge is 0.342 e. The Hall–Kier alpha value is -2.70. The number of nitrogens with one attached hydrogen (secondary N) is 1. The summed E-state index contributed by atoms with van der Waals surface area (Å²) >= 11 is 0. The first kappa shape index (κ1) is 21.5. The van der Waals surface area contributed by atoms with Crippen molar-refractivity contribution >= 4 is 17.5 Å². The van der Waals surface area contributed by atoms with Gasteiger partial charge in [-0.15, -0.1) is 0 Å². The van der Waals surface area contributed by atoms with E-state index in [1.54, 1.807) is 0 Å². The number of hydrogen-bond donors (Lipinski definition) is 1. The summed E-state index contributed by atoms with van der Waals surface area (Å²) in [6.07, 6.45) is 2.74. The van der Waals surface area contributed by atoms with E-state index in [-0.39, 0.29) is 11.8 Å². The van der Waals surface area contributed by atoms with Gasteiger partial charge in [0.05, 0.1) is 6.54 Å². The Bertz CT molecular complexity index is 872. The lowest BCUT2D eigenvalue weighted by atomic mass is 10.0. The lowest BCUT2D eigenvalue weighted by molar-refractivity contribution is -0.131. The molecule has 164 valence electrons. The van der Waals surface area contributed by atoms with Crippen LogP contribution in [0.5, 0.6) is 0 Å². The van der Waals surface area contributed by atoms with Crippen LogP contribution in [0.1, 0.15) is 19.3 Å². The van der Waals surface area contributed by atoms with Gasteiger partial charge in [0.25, 0.3) is 0 Å². The summed E-state index contributed by atoms with van der Waals surface area (Å²) in [4.78, 5) is 31.5. The molecule has 4 rings (SSSR count). The zero-order valence-corrected chi connectivity index (χ0v) is 18.1. The van der Waals surface area contributed by atoms with Gasteiger partial charge in [0.1, 0.15) is 0 Å². The SMILES string of the molecule is O=C(CCN1CCN(CC(=O)N2CCCC2)CC1)Nc1ccccc1-c1ccccc1. The highest BCUT2D eigenvalue weighted by molar-refractivity contribution is 5.95. The number of benzene rings is 2. The van der Waals surface area contributed by atoms with Crippen molar-refractivity contribution in [3.63, 3.8) is 0 Å². The number of amides is 2. The van der Waals surface area contributed by atoms with Crippen molar-refractivity contribution in [2.45, 2.75) is 19.3 Å². The molecule has 31 heavy (non-hydrogen) atoms. The monoisotopic (exact) mass is 420 g/mol. The van der Waals surface area contributed by atoms with E-state index in [4.69, 9.17) is 0 Å². The van der Waals surface area contributed by atoms with Gasteiger partial charge in [-0.25, -0.2) is 0 Å². The fraction of sp³-hybridized carbons (Fsp3) is 0.440. The average Bonchev–Trinajstić information content (AvgIpc) is 3.35.